The number of carbonyl (C=O) groups is 1. The number of amidine groups is 1. The van der Waals surface area contributed by atoms with Gasteiger partial charge in [0, 0.05) is 24.2 Å². The van der Waals surface area contributed by atoms with Crippen molar-refractivity contribution in [1.29, 1.82) is 5.41 Å². The molecule has 29 heavy (non-hydrogen) atoms. The standard InChI is InChI=1S/C20H20ClN5O2S/c21-16-9-8-15(29-16)20(27)23-12-17-24-19(25-28-17)14-6-4-13(5-7-14)18(22)26-10-2-1-3-11-26/h4-9,22H,1-3,10-12H2,(H,23,27). The Bertz CT molecular complexity index is 1010. The van der Waals surface area contributed by atoms with Crippen LogP contribution in [0, 0.1) is 5.41 Å². The van der Waals surface area contributed by atoms with Gasteiger partial charge in [-0.15, -0.1) is 11.3 Å². The van der Waals surface area contributed by atoms with E-state index in [1.54, 1.807) is 12.1 Å². The molecule has 2 aromatic heterocycles. The highest BCUT2D eigenvalue weighted by atomic mass is 35.5. The molecule has 0 aliphatic carbocycles. The van der Waals surface area contributed by atoms with Gasteiger partial charge >= 0.3 is 0 Å². The number of nitrogens with zero attached hydrogens (tertiary/aromatic N) is 3. The van der Waals surface area contributed by atoms with E-state index in [9.17, 15) is 4.79 Å². The number of thiophene rings is 1. The van der Waals surface area contributed by atoms with Crippen LogP contribution in [0.2, 0.25) is 4.34 Å². The first-order chi connectivity index (χ1) is 14.1. The maximum atomic E-state index is 12.1. The number of carbonyl (C=O) groups excluding carboxylic acids is 1. The minimum absolute atomic E-state index is 0.138. The first kappa shape index (κ1) is 19.6. The molecule has 0 bridgehead atoms. The molecule has 0 unspecified atom stereocenters. The minimum Gasteiger partial charge on any atom is -0.357 e. The lowest BCUT2D eigenvalue weighted by Gasteiger charge is -2.29. The molecule has 1 fully saturated rings. The van der Waals surface area contributed by atoms with Crippen molar-refractivity contribution in [2.45, 2.75) is 25.8 Å². The predicted octanol–water partition coefficient (Wildman–Crippen LogP) is 4.19. The molecule has 0 spiro atoms. The zero-order chi connectivity index (χ0) is 20.2. The van der Waals surface area contributed by atoms with Crippen molar-refractivity contribution in [3.05, 3.63) is 57.1 Å². The summed E-state index contributed by atoms with van der Waals surface area (Å²) in [7, 11) is 0. The zero-order valence-corrected chi connectivity index (χ0v) is 17.2. The van der Waals surface area contributed by atoms with Gasteiger partial charge in [0.15, 0.2) is 0 Å². The Morgan fingerprint density at radius 1 is 1.17 bits per heavy atom. The highest BCUT2D eigenvalue weighted by molar-refractivity contribution is 7.17. The van der Waals surface area contributed by atoms with Crippen molar-refractivity contribution < 1.29 is 9.32 Å². The van der Waals surface area contributed by atoms with E-state index in [4.69, 9.17) is 21.5 Å². The SMILES string of the molecule is N=C(c1ccc(-c2noc(CNC(=O)c3ccc(Cl)s3)n2)cc1)N1CCCCC1. The largest absolute Gasteiger partial charge is 0.357 e. The van der Waals surface area contributed by atoms with Crippen LogP contribution in [0.3, 0.4) is 0 Å². The summed E-state index contributed by atoms with van der Waals surface area (Å²) in [6.45, 7) is 2.02. The fraction of sp³-hybridized carbons (Fsp3) is 0.300. The van der Waals surface area contributed by atoms with Gasteiger partial charge in [-0.1, -0.05) is 41.0 Å². The first-order valence-corrected chi connectivity index (χ1v) is 10.6. The van der Waals surface area contributed by atoms with E-state index in [0.29, 0.717) is 26.8 Å². The molecule has 1 saturated heterocycles. The lowest BCUT2D eigenvalue weighted by molar-refractivity contribution is 0.0950. The van der Waals surface area contributed by atoms with Crippen LogP contribution in [-0.4, -0.2) is 39.9 Å². The van der Waals surface area contributed by atoms with Crippen LogP contribution in [0.1, 0.15) is 40.4 Å². The highest BCUT2D eigenvalue weighted by Crippen LogP contribution is 2.22. The van der Waals surface area contributed by atoms with E-state index >= 15 is 0 Å². The first-order valence-electron chi connectivity index (χ1n) is 9.40. The third-order valence-electron chi connectivity index (χ3n) is 4.75. The van der Waals surface area contributed by atoms with Gasteiger partial charge in [0.05, 0.1) is 15.8 Å². The molecule has 9 heteroatoms. The fourth-order valence-corrected chi connectivity index (χ4v) is 4.16. The molecule has 3 aromatic rings. The Morgan fingerprint density at radius 3 is 2.62 bits per heavy atom. The zero-order valence-electron chi connectivity index (χ0n) is 15.7. The number of aromatic nitrogens is 2. The average molecular weight is 430 g/mol. The summed E-state index contributed by atoms with van der Waals surface area (Å²) in [4.78, 5) is 19.1. The molecule has 1 amide bonds. The van der Waals surface area contributed by atoms with Gasteiger partial charge in [0.25, 0.3) is 5.91 Å². The second-order valence-corrected chi connectivity index (χ2v) is 8.49. The van der Waals surface area contributed by atoms with Crippen LogP contribution >= 0.6 is 22.9 Å². The number of likely N-dealkylation sites (tertiary alicyclic amines) is 1. The molecule has 0 atom stereocenters. The van der Waals surface area contributed by atoms with E-state index in [1.165, 1.54) is 17.8 Å². The van der Waals surface area contributed by atoms with Crippen LogP contribution in [0.25, 0.3) is 11.4 Å². The molecule has 7 nitrogen and oxygen atoms in total. The smallest absolute Gasteiger partial charge is 0.261 e. The molecule has 1 aliphatic rings. The second kappa shape index (κ2) is 8.75. The highest BCUT2D eigenvalue weighted by Gasteiger charge is 2.16. The minimum atomic E-state index is -0.234. The number of nitrogens with one attached hydrogen (secondary N) is 2. The van der Waals surface area contributed by atoms with E-state index in [1.807, 2.05) is 24.3 Å². The lowest BCUT2D eigenvalue weighted by atomic mass is 10.1. The van der Waals surface area contributed by atoms with Crippen molar-refractivity contribution in [3.63, 3.8) is 0 Å². The molecular formula is C20H20ClN5O2S. The number of amides is 1. The third kappa shape index (κ3) is 4.65. The molecule has 1 aromatic carbocycles. The van der Waals surface area contributed by atoms with Crippen LogP contribution in [0.4, 0.5) is 0 Å². The van der Waals surface area contributed by atoms with Crippen molar-refractivity contribution in [2.75, 3.05) is 13.1 Å². The normalized spacial score (nSPS) is 14.0. The summed E-state index contributed by atoms with van der Waals surface area (Å²) in [6.07, 6.45) is 3.52. The number of hydrogen-bond acceptors (Lipinski definition) is 6. The van der Waals surface area contributed by atoms with Crippen LogP contribution in [-0.2, 0) is 6.54 Å². The molecule has 1 aliphatic heterocycles. The second-order valence-electron chi connectivity index (χ2n) is 6.77. The fourth-order valence-electron chi connectivity index (χ4n) is 3.20. The summed E-state index contributed by atoms with van der Waals surface area (Å²) in [5.74, 6) is 1.09. The number of rotatable bonds is 5. The predicted molar refractivity (Wildman–Crippen MR) is 112 cm³/mol. The van der Waals surface area contributed by atoms with Crippen molar-refractivity contribution in [3.8, 4) is 11.4 Å². The van der Waals surface area contributed by atoms with Gasteiger partial charge < -0.3 is 14.7 Å². The number of halogens is 1. The maximum Gasteiger partial charge on any atom is 0.261 e. The number of hydrogen-bond donors (Lipinski definition) is 2. The van der Waals surface area contributed by atoms with E-state index in [2.05, 4.69) is 20.4 Å². The third-order valence-corrected chi connectivity index (χ3v) is 5.98. The van der Waals surface area contributed by atoms with Gasteiger partial charge in [0.2, 0.25) is 11.7 Å². The molecule has 150 valence electrons. The number of benzene rings is 1. The molecule has 2 N–H and O–H groups in total. The lowest BCUT2D eigenvalue weighted by Crippen LogP contribution is -2.35. The Morgan fingerprint density at radius 2 is 1.93 bits per heavy atom. The van der Waals surface area contributed by atoms with E-state index in [0.717, 1.165) is 37.1 Å². The summed E-state index contributed by atoms with van der Waals surface area (Å²) < 4.78 is 5.80. The van der Waals surface area contributed by atoms with Gasteiger partial charge in [-0.25, -0.2) is 0 Å². The van der Waals surface area contributed by atoms with Crippen LogP contribution < -0.4 is 5.32 Å². The molecule has 3 heterocycles. The Balaban J connectivity index is 1.37. The molecule has 0 radical (unpaired) electrons. The quantitative estimate of drug-likeness (QED) is 0.468. The van der Waals surface area contributed by atoms with Gasteiger partial charge in [-0.2, -0.15) is 4.98 Å². The molecule has 4 rings (SSSR count). The topological polar surface area (TPSA) is 95.1 Å². The molecular weight excluding hydrogens is 410 g/mol. The number of piperidine rings is 1. The van der Waals surface area contributed by atoms with Gasteiger partial charge in [-0.3, -0.25) is 10.2 Å². The van der Waals surface area contributed by atoms with E-state index < -0.39 is 0 Å². The molecule has 0 saturated carbocycles. The van der Waals surface area contributed by atoms with E-state index in [-0.39, 0.29) is 12.5 Å². The Hall–Kier alpha value is -2.71. The van der Waals surface area contributed by atoms with Crippen molar-refractivity contribution in [2.24, 2.45) is 0 Å². The van der Waals surface area contributed by atoms with Crippen LogP contribution in [0.15, 0.2) is 40.9 Å². The Labute approximate surface area is 177 Å². The average Bonchev–Trinajstić information content (AvgIpc) is 3.41. The summed E-state index contributed by atoms with van der Waals surface area (Å²) in [5.41, 5.74) is 1.67. The van der Waals surface area contributed by atoms with Crippen LogP contribution in [0.5, 0.6) is 0 Å². The summed E-state index contributed by atoms with van der Waals surface area (Å²) in [6, 6.07) is 10.9. The van der Waals surface area contributed by atoms with Gasteiger partial charge in [-0.05, 0) is 31.4 Å². The monoisotopic (exact) mass is 429 g/mol. The van der Waals surface area contributed by atoms with Crippen molar-refractivity contribution >= 4 is 34.7 Å². The summed E-state index contributed by atoms with van der Waals surface area (Å²) >= 11 is 7.06. The Kier molecular flexibility index (Phi) is 5.92. The van der Waals surface area contributed by atoms with Gasteiger partial charge in [0.1, 0.15) is 5.84 Å². The summed E-state index contributed by atoms with van der Waals surface area (Å²) in [5, 5.41) is 15.1. The van der Waals surface area contributed by atoms with Crippen molar-refractivity contribution in [1.82, 2.24) is 20.4 Å². The maximum absolute atomic E-state index is 12.1.